The molecule has 11 heavy (non-hydrogen) atoms. The third-order valence-corrected chi connectivity index (χ3v) is 1.85. The second-order valence-corrected chi connectivity index (χ2v) is 2.82. The average Bonchev–Trinajstić information content (AvgIpc) is 2.07. The molecule has 60 valence electrons. The molecule has 0 amide bonds. The Hall–Kier alpha value is -0.670. The maximum atomic E-state index is 5.45. The first-order chi connectivity index (χ1) is 5.36. The van der Waals surface area contributed by atoms with Crippen LogP contribution in [0.5, 0.6) is 0 Å². The molecule has 0 aliphatic heterocycles. The second kappa shape index (κ2) is 4.26. The maximum absolute atomic E-state index is 5.45. The molecule has 0 fully saturated rings. The normalized spacial score (nSPS) is 9.64. The van der Waals surface area contributed by atoms with Gasteiger partial charge >= 0.3 is 0 Å². The smallest absolute Gasteiger partial charge is 0.0440 e. The zero-order chi connectivity index (χ0) is 8.10. The van der Waals surface area contributed by atoms with Crippen LogP contribution in [0.15, 0.2) is 24.3 Å². The molecule has 0 spiro atoms. The third kappa shape index (κ3) is 2.44. The van der Waals surface area contributed by atoms with Crippen molar-refractivity contribution < 1.29 is 0 Å². The summed E-state index contributed by atoms with van der Waals surface area (Å²) in [5.74, 6) is 0. The minimum atomic E-state index is 0.611. The molecule has 0 atom stereocenters. The number of rotatable bonds is 3. The van der Waals surface area contributed by atoms with Crippen molar-refractivity contribution >= 4 is 17.6 Å². The lowest BCUT2D eigenvalue weighted by Crippen LogP contribution is -1.95. The number of anilines is 1. The highest BCUT2D eigenvalue weighted by Crippen LogP contribution is 2.11. The molecule has 0 heterocycles. The molecule has 1 rings (SSSR count). The van der Waals surface area contributed by atoms with Crippen LogP contribution in [0.1, 0.15) is 5.56 Å². The van der Waals surface area contributed by atoms with Gasteiger partial charge in [0, 0.05) is 18.5 Å². The second-order valence-electron chi connectivity index (χ2n) is 2.21. The van der Waals surface area contributed by atoms with E-state index in [2.05, 4.69) is 4.72 Å². The maximum Gasteiger partial charge on any atom is 0.0440 e. The summed E-state index contributed by atoms with van der Waals surface area (Å²) in [5.41, 5.74) is 7.73. The van der Waals surface area contributed by atoms with Gasteiger partial charge in [-0.25, -0.2) is 0 Å². The van der Waals surface area contributed by atoms with Crippen LogP contribution in [0, 0.1) is 0 Å². The first-order valence-corrected chi connectivity index (χ1v) is 4.67. The van der Waals surface area contributed by atoms with E-state index in [0.717, 1.165) is 11.3 Å². The van der Waals surface area contributed by atoms with Crippen molar-refractivity contribution in [3.63, 3.8) is 0 Å². The fraction of sp³-hybridized carbons (Fsp3) is 0.250. The average molecular weight is 168 g/mol. The standard InChI is InChI=1S/C8H12N2S/c1-11-10-8-4-2-7(6-9)3-5-8/h2-5,10H,6,9H2,1H3. The van der Waals surface area contributed by atoms with Crippen LogP contribution in [0.4, 0.5) is 5.69 Å². The summed E-state index contributed by atoms with van der Waals surface area (Å²) < 4.78 is 3.13. The van der Waals surface area contributed by atoms with E-state index in [9.17, 15) is 0 Å². The van der Waals surface area contributed by atoms with Gasteiger partial charge < -0.3 is 10.5 Å². The molecule has 2 nitrogen and oxygen atoms in total. The number of hydrogen-bond donors (Lipinski definition) is 2. The Bertz CT molecular complexity index is 208. The van der Waals surface area contributed by atoms with Crippen molar-refractivity contribution in [2.75, 3.05) is 11.0 Å². The number of benzene rings is 1. The molecule has 0 unspecified atom stereocenters. The van der Waals surface area contributed by atoms with E-state index in [1.54, 1.807) is 11.9 Å². The molecule has 0 aliphatic rings. The fourth-order valence-corrected chi connectivity index (χ4v) is 1.20. The van der Waals surface area contributed by atoms with Gasteiger partial charge in [-0.3, -0.25) is 0 Å². The van der Waals surface area contributed by atoms with Crippen molar-refractivity contribution in [1.82, 2.24) is 0 Å². The molecule has 3 heteroatoms. The van der Waals surface area contributed by atoms with Gasteiger partial charge in [-0.15, -0.1) is 0 Å². The lowest BCUT2D eigenvalue weighted by Gasteiger charge is -2.01. The van der Waals surface area contributed by atoms with Crippen LogP contribution in [0.25, 0.3) is 0 Å². The highest BCUT2D eigenvalue weighted by molar-refractivity contribution is 7.99. The molecule has 1 aromatic carbocycles. The Labute approximate surface area is 71.3 Å². The Morgan fingerprint density at radius 1 is 1.36 bits per heavy atom. The largest absolute Gasteiger partial charge is 0.330 e. The molecular formula is C8H12N2S. The Kier molecular flexibility index (Phi) is 3.26. The summed E-state index contributed by atoms with van der Waals surface area (Å²) in [5, 5.41) is 0. The first-order valence-electron chi connectivity index (χ1n) is 3.45. The summed E-state index contributed by atoms with van der Waals surface area (Å²) in [4.78, 5) is 0. The van der Waals surface area contributed by atoms with Gasteiger partial charge in [-0.1, -0.05) is 24.1 Å². The van der Waals surface area contributed by atoms with E-state index in [1.807, 2.05) is 30.5 Å². The van der Waals surface area contributed by atoms with Gasteiger partial charge in [0.2, 0.25) is 0 Å². The minimum absolute atomic E-state index is 0.611. The Morgan fingerprint density at radius 2 is 2.00 bits per heavy atom. The lowest BCUT2D eigenvalue weighted by molar-refractivity contribution is 1.07. The molecule has 0 bridgehead atoms. The van der Waals surface area contributed by atoms with E-state index in [0.29, 0.717) is 6.54 Å². The van der Waals surface area contributed by atoms with Gasteiger partial charge in [0.15, 0.2) is 0 Å². The van der Waals surface area contributed by atoms with Crippen LogP contribution < -0.4 is 10.5 Å². The van der Waals surface area contributed by atoms with E-state index < -0.39 is 0 Å². The molecule has 0 radical (unpaired) electrons. The third-order valence-electron chi connectivity index (χ3n) is 1.41. The number of nitrogens with two attached hydrogens (primary N) is 1. The van der Waals surface area contributed by atoms with Gasteiger partial charge in [0.25, 0.3) is 0 Å². The Morgan fingerprint density at radius 3 is 2.45 bits per heavy atom. The highest BCUT2D eigenvalue weighted by atomic mass is 32.2. The zero-order valence-electron chi connectivity index (χ0n) is 6.50. The van der Waals surface area contributed by atoms with Crippen molar-refractivity contribution in [3.8, 4) is 0 Å². The molecular weight excluding hydrogens is 156 g/mol. The predicted molar refractivity (Wildman–Crippen MR) is 51.5 cm³/mol. The molecule has 0 saturated carbocycles. The van der Waals surface area contributed by atoms with Crippen molar-refractivity contribution in [2.24, 2.45) is 5.73 Å². The van der Waals surface area contributed by atoms with E-state index in [-0.39, 0.29) is 0 Å². The highest BCUT2D eigenvalue weighted by Gasteiger charge is 1.89. The van der Waals surface area contributed by atoms with Gasteiger partial charge in [0.05, 0.1) is 0 Å². The van der Waals surface area contributed by atoms with Gasteiger partial charge in [0.1, 0.15) is 0 Å². The molecule has 1 aromatic rings. The van der Waals surface area contributed by atoms with Crippen LogP contribution in [0.2, 0.25) is 0 Å². The van der Waals surface area contributed by atoms with Crippen LogP contribution >= 0.6 is 11.9 Å². The summed E-state index contributed by atoms with van der Waals surface area (Å²) in [6.07, 6.45) is 2.00. The monoisotopic (exact) mass is 168 g/mol. The number of nitrogens with one attached hydrogen (secondary N) is 1. The van der Waals surface area contributed by atoms with Crippen molar-refractivity contribution in [2.45, 2.75) is 6.54 Å². The van der Waals surface area contributed by atoms with Crippen LogP contribution in [-0.2, 0) is 6.54 Å². The fourth-order valence-electron chi connectivity index (χ4n) is 0.827. The number of hydrogen-bond acceptors (Lipinski definition) is 3. The first kappa shape index (κ1) is 8.43. The van der Waals surface area contributed by atoms with Crippen LogP contribution in [0.3, 0.4) is 0 Å². The molecule has 0 aliphatic carbocycles. The SMILES string of the molecule is CSNc1ccc(CN)cc1. The molecule has 3 N–H and O–H groups in total. The van der Waals surface area contributed by atoms with Gasteiger partial charge in [-0.2, -0.15) is 0 Å². The Balaban J connectivity index is 2.66. The van der Waals surface area contributed by atoms with E-state index >= 15 is 0 Å². The zero-order valence-corrected chi connectivity index (χ0v) is 7.32. The summed E-state index contributed by atoms with van der Waals surface area (Å²) >= 11 is 1.59. The topological polar surface area (TPSA) is 38.0 Å². The minimum Gasteiger partial charge on any atom is -0.330 e. The van der Waals surface area contributed by atoms with Gasteiger partial charge in [-0.05, 0) is 17.7 Å². The van der Waals surface area contributed by atoms with Crippen LogP contribution in [-0.4, -0.2) is 6.26 Å². The predicted octanol–water partition coefficient (Wildman–Crippen LogP) is 1.84. The quantitative estimate of drug-likeness (QED) is 0.676. The van der Waals surface area contributed by atoms with Crippen molar-refractivity contribution in [3.05, 3.63) is 29.8 Å². The molecule has 0 saturated heterocycles. The van der Waals surface area contributed by atoms with Crippen molar-refractivity contribution in [1.29, 1.82) is 0 Å². The molecule has 0 aromatic heterocycles. The van der Waals surface area contributed by atoms with E-state index in [4.69, 9.17) is 5.73 Å². The van der Waals surface area contributed by atoms with E-state index in [1.165, 1.54) is 0 Å². The lowest BCUT2D eigenvalue weighted by atomic mass is 10.2. The summed E-state index contributed by atoms with van der Waals surface area (Å²) in [6, 6.07) is 8.11. The summed E-state index contributed by atoms with van der Waals surface area (Å²) in [6.45, 7) is 0.611. The summed E-state index contributed by atoms with van der Waals surface area (Å²) in [7, 11) is 0.